The molecular formula is C29H29F6N3O2. The third kappa shape index (κ3) is 6.47. The summed E-state index contributed by atoms with van der Waals surface area (Å²) in [5.41, 5.74) is -1.67. The number of rotatable bonds is 8. The van der Waals surface area contributed by atoms with Crippen molar-refractivity contribution in [3.63, 3.8) is 0 Å². The molecule has 1 fully saturated rings. The van der Waals surface area contributed by atoms with Crippen molar-refractivity contribution in [3.8, 4) is 11.1 Å². The fourth-order valence-corrected chi connectivity index (χ4v) is 4.97. The van der Waals surface area contributed by atoms with Crippen molar-refractivity contribution >= 4 is 5.97 Å². The number of carbonyl (C=O) groups is 1. The van der Waals surface area contributed by atoms with Gasteiger partial charge in [0.15, 0.2) is 5.41 Å². The average Bonchev–Trinajstić information content (AvgIpc) is 2.89. The first-order chi connectivity index (χ1) is 18.8. The van der Waals surface area contributed by atoms with E-state index >= 15 is 0 Å². The summed E-state index contributed by atoms with van der Waals surface area (Å²) in [6.07, 6.45) is -7.57. The first-order valence-electron chi connectivity index (χ1n) is 12.7. The minimum atomic E-state index is -5.50. The predicted molar refractivity (Wildman–Crippen MR) is 137 cm³/mol. The van der Waals surface area contributed by atoms with Gasteiger partial charge in [0, 0.05) is 51.2 Å². The molecule has 0 saturated carbocycles. The van der Waals surface area contributed by atoms with Crippen molar-refractivity contribution in [2.75, 3.05) is 19.6 Å². The minimum absolute atomic E-state index is 0.0121. The lowest BCUT2D eigenvalue weighted by Gasteiger charge is -2.41. The monoisotopic (exact) mass is 565 g/mol. The third-order valence-corrected chi connectivity index (χ3v) is 7.52. The van der Waals surface area contributed by atoms with E-state index in [-0.39, 0.29) is 19.4 Å². The van der Waals surface area contributed by atoms with Gasteiger partial charge >= 0.3 is 18.3 Å². The second-order valence-electron chi connectivity index (χ2n) is 10.2. The van der Waals surface area contributed by atoms with Gasteiger partial charge in [-0.25, -0.2) is 0 Å². The molecule has 40 heavy (non-hydrogen) atoms. The molecule has 214 valence electrons. The van der Waals surface area contributed by atoms with Crippen molar-refractivity contribution in [1.29, 1.82) is 0 Å². The molecule has 0 radical (unpaired) electrons. The Balaban J connectivity index is 1.43. The Morgan fingerprint density at radius 2 is 1.35 bits per heavy atom. The van der Waals surface area contributed by atoms with Crippen LogP contribution in [-0.2, 0) is 23.3 Å². The van der Waals surface area contributed by atoms with Crippen molar-refractivity contribution in [2.24, 2.45) is 0 Å². The predicted octanol–water partition coefficient (Wildman–Crippen LogP) is 6.29. The van der Waals surface area contributed by atoms with E-state index in [4.69, 9.17) is 0 Å². The summed E-state index contributed by atoms with van der Waals surface area (Å²) >= 11 is 0. The van der Waals surface area contributed by atoms with E-state index in [1.54, 1.807) is 24.5 Å². The summed E-state index contributed by atoms with van der Waals surface area (Å²) < 4.78 is 80.4. The molecule has 1 unspecified atom stereocenters. The van der Waals surface area contributed by atoms with Gasteiger partial charge in [-0.3, -0.25) is 19.6 Å². The van der Waals surface area contributed by atoms with Gasteiger partial charge in [-0.1, -0.05) is 48.5 Å². The standard InChI is InChI=1S/C29H29F6N3O2/c1-27(28(30,31)32,29(33,34)35)24-8-6-23(7-9-24)22-4-2-20(3-5-22)17-37-14-15-38(25(19-37)16-26(39)40)18-21-10-12-36-13-11-21/h2-13,25H,14-19H2,1H3,(H,39,40). The zero-order valence-electron chi connectivity index (χ0n) is 21.7. The van der Waals surface area contributed by atoms with E-state index in [1.807, 2.05) is 24.3 Å². The molecule has 1 aliphatic rings. The summed E-state index contributed by atoms with van der Waals surface area (Å²) in [7, 11) is 0. The number of aromatic nitrogens is 1. The van der Waals surface area contributed by atoms with Gasteiger partial charge in [-0.2, -0.15) is 26.3 Å². The Kier molecular flexibility index (Phi) is 8.55. The Labute approximate surface area is 228 Å². The highest BCUT2D eigenvalue weighted by atomic mass is 19.4. The van der Waals surface area contributed by atoms with Gasteiger partial charge < -0.3 is 5.11 Å². The van der Waals surface area contributed by atoms with Gasteiger partial charge in [0.1, 0.15) is 0 Å². The van der Waals surface area contributed by atoms with Gasteiger partial charge in [-0.15, -0.1) is 0 Å². The van der Waals surface area contributed by atoms with Crippen molar-refractivity contribution < 1.29 is 36.2 Å². The number of nitrogens with zero attached hydrogens (tertiary/aromatic N) is 3. The SMILES string of the molecule is CC(c1ccc(-c2ccc(CN3CCN(Cc4ccncc4)C(CC(=O)O)C3)cc2)cc1)(C(F)(F)F)C(F)(F)F. The van der Waals surface area contributed by atoms with E-state index in [2.05, 4.69) is 14.8 Å². The highest BCUT2D eigenvalue weighted by Gasteiger charge is 2.68. The molecule has 1 aromatic heterocycles. The molecule has 0 bridgehead atoms. The molecule has 0 aliphatic carbocycles. The Hall–Kier alpha value is -3.44. The smallest absolute Gasteiger partial charge is 0.406 e. The van der Waals surface area contributed by atoms with Crippen LogP contribution in [0.2, 0.25) is 0 Å². The average molecular weight is 566 g/mol. The lowest BCUT2D eigenvalue weighted by atomic mass is 9.80. The number of hydrogen-bond donors (Lipinski definition) is 1. The zero-order chi connectivity index (χ0) is 29.1. The first kappa shape index (κ1) is 29.5. The van der Waals surface area contributed by atoms with Crippen LogP contribution in [0.15, 0.2) is 73.1 Å². The van der Waals surface area contributed by atoms with E-state index in [0.29, 0.717) is 37.3 Å². The van der Waals surface area contributed by atoms with Crippen LogP contribution in [0.25, 0.3) is 11.1 Å². The Morgan fingerprint density at radius 3 is 1.88 bits per heavy atom. The van der Waals surface area contributed by atoms with Crippen LogP contribution in [0.3, 0.4) is 0 Å². The molecular weight excluding hydrogens is 536 g/mol. The Morgan fingerprint density at radius 1 is 0.825 bits per heavy atom. The lowest BCUT2D eigenvalue weighted by molar-refractivity contribution is -0.297. The van der Waals surface area contributed by atoms with Crippen LogP contribution in [-0.4, -0.2) is 63.9 Å². The second kappa shape index (κ2) is 11.6. The van der Waals surface area contributed by atoms with Crippen molar-refractivity contribution in [2.45, 2.75) is 50.2 Å². The van der Waals surface area contributed by atoms with Crippen LogP contribution in [0, 0.1) is 0 Å². The van der Waals surface area contributed by atoms with Crippen LogP contribution in [0.5, 0.6) is 0 Å². The second-order valence-corrected chi connectivity index (χ2v) is 10.2. The number of hydrogen-bond acceptors (Lipinski definition) is 4. The van der Waals surface area contributed by atoms with Gasteiger partial charge in [0.05, 0.1) is 6.42 Å². The number of alkyl halides is 6. The molecule has 5 nitrogen and oxygen atoms in total. The summed E-state index contributed by atoms with van der Waals surface area (Å²) in [5.74, 6) is -0.868. The molecule has 1 N–H and O–H groups in total. The summed E-state index contributed by atoms with van der Waals surface area (Å²) in [6, 6.07) is 15.2. The first-order valence-corrected chi connectivity index (χ1v) is 12.7. The number of pyridine rings is 1. The number of aliphatic carboxylic acids is 1. The Bertz CT molecular complexity index is 1260. The summed E-state index contributed by atoms with van der Waals surface area (Å²) in [4.78, 5) is 19.9. The molecule has 0 amide bonds. The molecule has 1 saturated heterocycles. The van der Waals surface area contributed by atoms with Crippen molar-refractivity contribution in [1.82, 2.24) is 14.8 Å². The fraction of sp³-hybridized carbons (Fsp3) is 0.379. The highest BCUT2D eigenvalue weighted by Crippen LogP contribution is 2.51. The molecule has 1 aliphatic heterocycles. The van der Waals surface area contributed by atoms with E-state index in [0.717, 1.165) is 29.8 Å². The third-order valence-electron chi connectivity index (χ3n) is 7.52. The molecule has 3 aromatic rings. The maximum Gasteiger partial charge on any atom is 0.406 e. The molecule has 11 heteroatoms. The fourth-order valence-electron chi connectivity index (χ4n) is 4.97. The largest absolute Gasteiger partial charge is 0.481 e. The van der Waals surface area contributed by atoms with Crippen LogP contribution in [0.1, 0.15) is 30.0 Å². The highest BCUT2D eigenvalue weighted by molar-refractivity contribution is 5.67. The summed E-state index contributed by atoms with van der Waals surface area (Å²) in [6.45, 7) is 3.36. The van der Waals surface area contributed by atoms with E-state index in [1.165, 1.54) is 12.1 Å². The van der Waals surface area contributed by atoms with Crippen LogP contribution < -0.4 is 0 Å². The van der Waals surface area contributed by atoms with Crippen LogP contribution >= 0.6 is 0 Å². The molecule has 0 spiro atoms. The number of benzene rings is 2. The normalized spacial score (nSPS) is 17.6. The minimum Gasteiger partial charge on any atom is -0.481 e. The summed E-state index contributed by atoms with van der Waals surface area (Å²) in [5, 5.41) is 9.44. The number of halogens is 6. The molecule has 4 rings (SSSR count). The maximum atomic E-state index is 13.4. The topological polar surface area (TPSA) is 56.7 Å². The molecule has 2 heterocycles. The lowest BCUT2D eigenvalue weighted by Crippen LogP contribution is -2.52. The van der Waals surface area contributed by atoms with Crippen molar-refractivity contribution in [3.05, 3.63) is 89.7 Å². The number of carboxylic acids is 1. The van der Waals surface area contributed by atoms with Gasteiger partial charge in [-0.05, 0) is 46.9 Å². The molecule has 1 atom stereocenters. The van der Waals surface area contributed by atoms with Gasteiger partial charge in [0.2, 0.25) is 0 Å². The van der Waals surface area contributed by atoms with Gasteiger partial charge in [0.25, 0.3) is 0 Å². The van der Waals surface area contributed by atoms with E-state index in [9.17, 15) is 36.2 Å². The van der Waals surface area contributed by atoms with E-state index < -0.39 is 29.3 Å². The maximum absolute atomic E-state index is 13.4. The van der Waals surface area contributed by atoms with Crippen LogP contribution in [0.4, 0.5) is 26.3 Å². The molecule has 2 aromatic carbocycles. The zero-order valence-corrected chi connectivity index (χ0v) is 21.7. The number of piperazine rings is 1. The number of carboxylic acid groups (broad SMARTS) is 1. The quantitative estimate of drug-likeness (QED) is 0.326.